The van der Waals surface area contributed by atoms with Crippen LogP contribution in [0.15, 0.2) is 12.1 Å². The minimum Gasteiger partial charge on any atom is -0.462 e. The van der Waals surface area contributed by atoms with Crippen molar-refractivity contribution >= 4 is 5.97 Å². The number of nitrogens with zero attached hydrogens (tertiary/aromatic N) is 1. The smallest absolute Gasteiger partial charge is 0.339 e. The van der Waals surface area contributed by atoms with Crippen molar-refractivity contribution in [1.82, 2.24) is 0 Å². The van der Waals surface area contributed by atoms with Gasteiger partial charge in [0.25, 0.3) is 6.43 Å². The molecule has 18 heavy (non-hydrogen) atoms. The van der Waals surface area contributed by atoms with Crippen LogP contribution in [0.1, 0.15) is 40.4 Å². The zero-order chi connectivity index (χ0) is 13.7. The van der Waals surface area contributed by atoms with Gasteiger partial charge in [-0.1, -0.05) is 0 Å². The normalized spacial score (nSPS) is 10.2. The van der Waals surface area contributed by atoms with Crippen molar-refractivity contribution in [3.63, 3.8) is 0 Å². The maximum atomic E-state index is 12.8. The Kier molecular flexibility index (Phi) is 4.75. The zero-order valence-corrected chi connectivity index (χ0v) is 9.74. The number of halogens is 2. The SMILES string of the molecule is CCOC(=O)c1cc(C(F)F)c(CN)cc1C#N. The third kappa shape index (κ3) is 2.81. The molecule has 0 saturated heterocycles. The number of ether oxygens (including phenoxy) is 1. The lowest BCUT2D eigenvalue weighted by Gasteiger charge is -2.11. The molecule has 2 N–H and O–H groups in total. The summed E-state index contributed by atoms with van der Waals surface area (Å²) < 4.78 is 30.3. The number of hydrogen-bond acceptors (Lipinski definition) is 4. The Hall–Kier alpha value is -2.00. The van der Waals surface area contributed by atoms with E-state index in [4.69, 9.17) is 15.7 Å². The van der Waals surface area contributed by atoms with Crippen LogP contribution in [-0.4, -0.2) is 12.6 Å². The molecule has 1 aromatic carbocycles. The first kappa shape index (κ1) is 14.1. The van der Waals surface area contributed by atoms with Crippen LogP contribution in [-0.2, 0) is 11.3 Å². The molecule has 4 nitrogen and oxygen atoms in total. The fourth-order valence-corrected chi connectivity index (χ4v) is 1.51. The molecule has 0 aliphatic carbocycles. The molecule has 0 fully saturated rings. The molecule has 0 unspecified atom stereocenters. The van der Waals surface area contributed by atoms with Crippen molar-refractivity contribution in [1.29, 1.82) is 5.26 Å². The van der Waals surface area contributed by atoms with E-state index in [1.807, 2.05) is 0 Å². The van der Waals surface area contributed by atoms with Crippen LogP contribution in [0.2, 0.25) is 0 Å². The second kappa shape index (κ2) is 6.07. The summed E-state index contributed by atoms with van der Waals surface area (Å²) >= 11 is 0. The molecule has 0 saturated carbocycles. The van der Waals surface area contributed by atoms with Gasteiger partial charge in [-0.25, -0.2) is 13.6 Å². The fourth-order valence-electron chi connectivity index (χ4n) is 1.51. The third-order valence-electron chi connectivity index (χ3n) is 2.35. The average Bonchev–Trinajstić information content (AvgIpc) is 2.37. The van der Waals surface area contributed by atoms with E-state index in [-0.39, 0.29) is 35.4 Å². The summed E-state index contributed by atoms with van der Waals surface area (Å²) in [6, 6.07) is 3.95. The number of nitriles is 1. The highest BCUT2D eigenvalue weighted by Crippen LogP contribution is 2.26. The number of carbonyl (C=O) groups is 1. The lowest BCUT2D eigenvalue weighted by atomic mass is 9.99. The van der Waals surface area contributed by atoms with E-state index in [9.17, 15) is 13.6 Å². The van der Waals surface area contributed by atoms with Gasteiger partial charge in [0, 0.05) is 12.1 Å². The van der Waals surface area contributed by atoms with Crippen molar-refractivity contribution in [2.45, 2.75) is 19.9 Å². The van der Waals surface area contributed by atoms with Gasteiger partial charge in [-0.2, -0.15) is 5.26 Å². The predicted molar refractivity (Wildman–Crippen MR) is 60.0 cm³/mol. The molecule has 1 aromatic rings. The molecule has 0 heterocycles. The highest BCUT2D eigenvalue weighted by atomic mass is 19.3. The van der Waals surface area contributed by atoms with E-state index in [1.165, 1.54) is 6.07 Å². The van der Waals surface area contributed by atoms with E-state index in [2.05, 4.69) is 0 Å². The first-order chi connectivity index (χ1) is 8.54. The van der Waals surface area contributed by atoms with Crippen LogP contribution in [0.3, 0.4) is 0 Å². The van der Waals surface area contributed by atoms with Gasteiger partial charge < -0.3 is 10.5 Å². The quantitative estimate of drug-likeness (QED) is 0.835. The summed E-state index contributed by atoms with van der Waals surface area (Å²) in [7, 11) is 0. The Morgan fingerprint density at radius 2 is 2.22 bits per heavy atom. The fraction of sp³-hybridized carbons (Fsp3) is 0.333. The van der Waals surface area contributed by atoms with E-state index in [1.54, 1.807) is 13.0 Å². The minimum absolute atomic E-state index is 0.0155. The average molecular weight is 254 g/mol. The van der Waals surface area contributed by atoms with E-state index in [0.717, 1.165) is 6.07 Å². The van der Waals surface area contributed by atoms with Crippen molar-refractivity contribution in [2.24, 2.45) is 5.73 Å². The van der Waals surface area contributed by atoms with Crippen molar-refractivity contribution in [3.05, 3.63) is 34.4 Å². The first-order valence-electron chi connectivity index (χ1n) is 5.27. The maximum Gasteiger partial charge on any atom is 0.339 e. The van der Waals surface area contributed by atoms with Crippen LogP contribution in [0.5, 0.6) is 0 Å². The number of benzene rings is 1. The maximum absolute atomic E-state index is 12.8. The molecule has 0 amide bonds. The summed E-state index contributed by atoms with van der Waals surface area (Å²) in [5.74, 6) is -0.792. The Bertz CT molecular complexity index is 496. The molecule has 0 radical (unpaired) electrons. The second-order valence-corrected chi connectivity index (χ2v) is 3.43. The number of carbonyl (C=O) groups excluding carboxylic acids is 1. The third-order valence-corrected chi connectivity index (χ3v) is 2.35. The molecular weight excluding hydrogens is 242 g/mol. The molecule has 0 atom stereocenters. The molecule has 0 spiro atoms. The molecular formula is C12H12F2N2O2. The monoisotopic (exact) mass is 254 g/mol. The number of nitrogens with two attached hydrogens (primary N) is 1. The summed E-state index contributed by atoms with van der Waals surface area (Å²) in [6.45, 7) is 1.57. The van der Waals surface area contributed by atoms with E-state index in [0.29, 0.717) is 0 Å². The summed E-state index contributed by atoms with van der Waals surface area (Å²) in [5.41, 5.74) is 4.96. The Labute approximate surface area is 103 Å². The van der Waals surface area contributed by atoms with Crippen LogP contribution in [0, 0.1) is 11.3 Å². The topological polar surface area (TPSA) is 76.1 Å². The Balaban J connectivity index is 3.37. The zero-order valence-electron chi connectivity index (χ0n) is 9.74. The van der Waals surface area contributed by atoms with Gasteiger partial charge in [0.2, 0.25) is 0 Å². The standard InChI is InChI=1S/C12H12F2N2O2/c1-2-18-12(17)10-4-9(11(13)14)7(5-15)3-8(10)6-16/h3-4,11H,2,5,15H2,1H3. The summed E-state index contributed by atoms with van der Waals surface area (Å²) in [4.78, 5) is 11.5. The molecule has 1 rings (SSSR count). The molecule has 0 aromatic heterocycles. The van der Waals surface area contributed by atoms with Crippen LogP contribution in [0.25, 0.3) is 0 Å². The largest absolute Gasteiger partial charge is 0.462 e. The van der Waals surface area contributed by atoms with Crippen molar-refractivity contribution in [2.75, 3.05) is 6.61 Å². The van der Waals surface area contributed by atoms with Crippen molar-refractivity contribution < 1.29 is 18.3 Å². The van der Waals surface area contributed by atoms with Crippen LogP contribution >= 0.6 is 0 Å². The van der Waals surface area contributed by atoms with Gasteiger partial charge in [-0.05, 0) is 24.6 Å². The highest BCUT2D eigenvalue weighted by molar-refractivity contribution is 5.92. The number of hydrogen-bond donors (Lipinski definition) is 1. The van der Waals surface area contributed by atoms with Gasteiger partial charge in [0.1, 0.15) is 6.07 Å². The minimum atomic E-state index is -2.76. The molecule has 0 aliphatic rings. The van der Waals surface area contributed by atoms with Gasteiger partial charge in [-0.15, -0.1) is 0 Å². The van der Waals surface area contributed by atoms with Crippen LogP contribution in [0.4, 0.5) is 8.78 Å². The van der Waals surface area contributed by atoms with Gasteiger partial charge in [0.15, 0.2) is 0 Å². The number of alkyl halides is 2. The highest BCUT2D eigenvalue weighted by Gasteiger charge is 2.20. The first-order valence-corrected chi connectivity index (χ1v) is 5.27. The number of rotatable bonds is 4. The lowest BCUT2D eigenvalue weighted by Crippen LogP contribution is -2.11. The molecule has 6 heteroatoms. The second-order valence-electron chi connectivity index (χ2n) is 3.43. The predicted octanol–water partition coefficient (Wildman–Crippen LogP) is 2.13. The van der Waals surface area contributed by atoms with Crippen LogP contribution < -0.4 is 5.73 Å². The van der Waals surface area contributed by atoms with E-state index < -0.39 is 12.4 Å². The van der Waals surface area contributed by atoms with E-state index >= 15 is 0 Å². The Morgan fingerprint density at radius 1 is 1.56 bits per heavy atom. The van der Waals surface area contributed by atoms with Gasteiger partial charge in [-0.3, -0.25) is 0 Å². The molecule has 96 valence electrons. The lowest BCUT2D eigenvalue weighted by molar-refractivity contribution is 0.0525. The molecule has 0 bridgehead atoms. The van der Waals surface area contributed by atoms with Gasteiger partial charge >= 0.3 is 5.97 Å². The summed E-state index contributed by atoms with van der Waals surface area (Å²) in [6.07, 6.45) is -2.76. The Morgan fingerprint density at radius 3 is 2.67 bits per heavy atom. The number of esters is 1. The molecule has 0 aliphatic heterocycles. The van der Waals surface area contributed by atoms with Crippen molar-refractivity contribution in [3.8, 4) is 6.07 Å². The van der Waals surface area contributed by atoms with Gasteiger partial charge in [0.05, 0.1) is 17.7 Å². The summed E-state index contributed by atoms with van der Waals surface area (Å²) in [5, 5.41) is 8.90.